The maximum absolute atomic E-state index is 11.6. The maximum Gasteiger partial charge on any atom is 0.302 e. The van der Waals surface area contributed by atoms with Gasteiger partial charge in [0.05, 0.1) is 18.8 Å². The predicted molar refractivity (Wildman–Crippen MR) is 89.1 cm³/mol. The highest BCUT2D eigenvalue weighted by molar-refractivity contribution is 5.66. The van der Waals surface area contributed by atoms with Crippen LogP contribution in [0, 0.1) is 10.8 Å². The van der Waals surface area contributed by atoms with Crippen LogP contribution in [0.15, 0.2) is 11.6 Å². The molecule has 0 aromatic rings. The standard InChI is InChI=1S/C19H26O7/c1-10-5-15-18(6-13(10)22,8-23-11(2)20)17(4)7-14(25-12(3)21)16(26-15)19(17)9-24-19/h5,13-16,22H,6-9H2,1-4H3/t13-,14+,15+,16+,17+,18+,19?/m0/s1. The van der Waals surface area contributed by atoms with Crippen LogP contribution in [-0.4, -0.2) is 60.3 Å². The van der Waals surface area contributed by atoms with Crippen molar-refractivity contribution in [3.05, 3.63) is 11.6 Å². The third-order valence-electron chi connectivity index (χ3n) is 7.08. The summed E-state index contributed by atoms with van der Waals surface area (Å²) in [6, 6.07) is 0. The van der Waals surface area contributed by atoms with Gasteiger partial charge in [0, 0.05) is 24.7 Å². The quantitative estimate of drug-likeness (QED) is 0.454. The molecule has 2 aliphatic carbocycles. The molecular formula is C19H26O7. The van der Waals surface area contributed by atoms with Gasteiger partial charge in [-0.1, -0.05) is 13.0 Å². The molecule has 0 aromatic carbocycles. The lowest BCUT2D eigenvalue weighted by atomic mass is 9.51. The molecule has 2 saturated heterocycles. The summed E-state index contributed by atoms with van der Waals surface area (Å²) in [5.74, 6) is -0.723. The number of aliphatic hydroxyl groups excluding tert-OH is 1. The Kier molecular flexibility index (Phi) is 3.82. The zero-order valence-corrected chi connectivity index (χ0v) is 15.6. The Bertz CT molecular complexity index is 681. The third kappa shape index (κ3) is 2.17. The first-order valence-corrected chi connectivity index (χ1v) is 9.12. The normalized spacial score (nSPS) is 48.6. The van der Waals surface area contributed by atoms with Crippen LogP contribution in [0.2, 0.25) is 0 Å². The molecule has 4 rings (SSSR count). The van der Waals surface area contributed by atoms with Gasteiger partial charge in [0.1, 0.15) is 24.4 Å². The van der Waals surface area contributed by atoms with E-state index in [0.29, 0.717) is 19.4 Å². The molecule has 7 atom stereocenters. The maximum atomic E-state index is 11.6. The van der Waals surface area contributed by atoms with Crippen molar-refractivity contribution in [1.29, 1.82) is 0 Å². The summed E-state index contributed by atoms with van der Waals surface area (Å²) < 4.78 is 23.4. The average Bonchev–Trinajstić information content (AvgIpc) is 3.30. The molecule has 7 heteroatoms. The second-order valence-electron chi connectivity index (χ2n) is 8.41. The van der Waals surface area contributed by atoms with Crippen LogP contribution in [-0.2, 0) is 28.5 Å². The van der Waals surface area contributed by atoms with E-state index in [0.717, 1.165) is 5.57 Å². The minimum absolute atomic E-state index is 0.134. The van der Waals surface area contributed by atoms with Crippen LogP contribution in [0.3, 0.4) is 0 Å². The minimum atomic E-state index is -0.639. The summed E-state index contributed by atoms with van der Waals surface area (Å²) in [6.07, 6.45) is 1.15. The highest BCUT2D eigenvalue weighted by atomic mass is 16.7. The van der Waals surface area contributed by atoms with Gasteiger partial charge in [-0.25, -0.2) is 0 Å². The highest BCUT2D eigenvalue weighted by Crippen LogP contribution is 2.71. The Labute approximate surface area is 152 Å². The van der Waals surface area contributed by atoms with E-state index < -0.39 is 28.6 Å². The summed E-state index contributed by atoms with van der Waals surface area (Å²) in [5.41, 5.74) is -0.822. The number of rotatable bonds is 3. The summed E-state index contributed by atoms with van der Waals surface area (Å²) in [5, 5.41) is 10.6. The van der Waals surface area contributed by atoms with Gasteiger partial charge in [0.2, 0.25) is 0 Å². The molecule has 1 saturated carbocycles. The molecule has 4 aliphatic rings. The first-order chi connectivity index (χ1) is 12.2. The monoisotopic (exact) mass is 366 g/mol. The van der Waals surface area contributed by atoms with Crippen LogP contribution in [0.4, 0.5) is 0 Å². The molecule has 0 aromatic heterocycles. The molecule has 26 heavy (non-hydrogen) atoms. The third-order valence-corrected chi connectivity index (χ3v) is 7.08. The number of ether oxygens (including phenoxy) is 4. The lowest BCUT2D eigenvalue weighted by molar-refractivity contribution is -0.229. The number of carbonyl (C=O) groups is 2. The molecule has 144 valence electrons. The van der Waals surface area contributed by atoms with Crippen molar-refractivity contribution in [3.63, 3.8) is 0 Å². The Balaban J connectivity index is 1.80. The van der Waals surface area contributed by atoms with E-state index in [2.05, 4.69) is 6.92 Å². The van der Waals surface area contributed by atoms with Crippen molar-refractivity contribution in [2.24, 2.45) is 10.8 Å². The van der Waals surface area contributed by atoms with Crippen molar-refractivity contribution in [2.75, 3.05) is 13.2 Å². The Hall–Kier alpha value is -1.44. The van der Waals surface area contributed by atoms with E-state index in [1.165, 1.54) is 13.8 Å². The van der Waals surface area contributed by atoms with Gasteiger partial charge in [0.25, 0.3) is 0 Å². The zero-order chi connectivity index (χ0) is 18.9. The number of epoxide rings is 1. The first-order valence-electron chi connectivity index (χ1n) is 9.12. The van der Waals surface area contributed by atoms with E-state index in [1.54, 1.807) is 0 Å². The molecule has 1 N–H and O–H groups in total. The first kappa shape index (κ1) is 17.9. The van der Waals surface area contributed by atoms with Gasteiger partial charge in [0.15, 0.2) is 0 Å². The van der Waals surface area contributed by atoms with Gasteiger partial charge in [-0.05, 0) is 25.3 Å². The fourth-order valence-electron chi connectivity index (χ4n) is 5.52. The number of hydrogen-bond donors (Lipinski definition) is 1. The topological polar surface area (TPSA) is 94.6 Å². The molecule has 0 amide bonds. The zero-order valence-electron chi connectivity index (χ0n) is 15.6. The van der Waals surface area contributed by atoms with Crippen LogP contribution < -0.4 is 0 Å². The van der Waals surface area contributed by atoms with Crippen LogP contribution in [0.25, 0.3) is 0 Å². The summed E-state index contributed by atoms with van der Waals surface area (Å²) in [4.78, 5) is 23.2. The van der Waals surface area contributed by atoms with E-state index in [4.69, 9.17) is 18.9 Å². The number of fused-ring (bicyclic) bond motifs is 2. The predicted octanol–water partition coefficient (Wildman–Crippen LogP) is 1.12. The van der Waals surface area contributed by atoms with Crippen LogP contribution in [0.5, 0.6) is 0 Å². The second-order valence-corrected chi connectivity index (χ2v) is 8.41. The van der Waals surface area contributed by atoms with E-state index in [1.807, 2.05) is 13.0 Å². The molecule has 2 heterocycles. The largest absolute Gasteiger partial charge is 0.465 e. The summed E-state index contributed by atoms with van der Waals surface area (Å²) >= 11 is 0. The number of carbonyl (C=O) groups excluding carboxylic acids is 2. The average molecular weight is 366 g/mol. The van der Waals surface area contributed by atoms with Crippen LogP contribution >= 0.6 is 0 Å². The number of hydrogen-bond acceptors (Lipinski definition) is 7. The van der Waals surface area contributed by atoms with Crippen molar-refractivity contribution in [1.82, 2.24) is 0 Å². The van der Waals surface area contributed by atoms with Crippen molar-refractivity contribution < 1.29 is 33.6 Å². The molecule has 2 aliphatic heterocycles. The lowest BCUT2D eigenvalue weighted by Gasteiger charge is -2.57. The highest BCUT2D eigenvalue weighted by Gasteiger charge is 2.82. The summed E-state index contributed by atoms with van der Waals surface area (Å²) in [7, 11) is 0. The van der Waals surface area contributed by atoms with Gasteiger partial charge in [-0.2, -0.15) is 0 Å². The number of aliphatic hydroxyl groups is 1. The molecular weight excluding hydrogens is 340 g/mol. The SMILES string of the molecule is CC(=O)OC[C@]12C[C@H](O)C(C)=C[C@H]1O[C@@H]1[C@H](OC(C)=O)C[C@@]2(C)C12CO2. The summed E-state index contributed by atoms with van der Waals surface area (Å²) in [6.45, 7) is 7.38. The van der Waals surface area contributed by atoms with Crippen LogP contribution in [0.1, 0.15) is 40.5 Å². The fraction of sp³-hybridized carbons (Fsp3) is 0.789. The molecule has 1 unspecified atom stereocenters. The van der Waals surface area contributed by atoms with Gasteiger partial charge in [-0.15, -0.1) is 0 Å². The van der Waals surface area contributed by atoms with E-state index in [9.17, 15) is 14.7 Å². The van der Waals surface area contributed by atoms with E-state index >= 15 is 0 Å². The number of esters is 2. The Morgan fingerprint density at radius 1 is 1.31 bits per heavy atom. The smallest absolute Gasteiger partial charge is 0.302 e. The van der Waals surface area contributed by atoms with Gasteiger partial charge >= 0.3 is 11.9 Å². The molecule has 1 spiro atoms. The molecule has 0 radical (unpaired) electrons. The van der Waals surface area contributed by atoms with Crippen molar-refractivity contribution in [2.45, 2.75) is 70.6 Å². The van der Waals surface area contributed by atoms with Crippen molar-refractivity contribution in [3.8, 4) is 0 Å². The van der Waals surface area contributed by atoms with Crippen molar-refractivity contribution >= 4 is 11.9 Å². The van der Waals surface area contributed by atoms with Gasteiger partial charge in [-0.3, -0.25) is 9.59 Å². The Morgan fingerprint density at radius 2 is 2.00 bits per heavy atom. The molecule has 7 nitrogen and oxygen atoms in total. The Morgan fingerprint density at radius 3 is 2.58 bits per heavy atom. The second kappa shape index (κ2) is 5.53. The van der Waals surface area contributed by atoms with Gasteiger partial charge < -0.3 is 24.1 Å². The molecule has 3 fully saturated rings. The molecule has 2 bridgehead atoms. The fourth-order valence-corrected chi connectivity index (χ4v) is 5.52. The van der Waals surface area contributed by atoms with E-state index in [-0.39, 0.29) is 30.8 Å². The minimum Gasteiger partial charge on any atom is -0.465 e. The lowest BCUT2D eigenvalue weighted by Crippen LogP contribution is -2.65.